The average Bonchev–Trinajstić information content (AvgIpc) is 2.17. The van der Waals surface area contributed by atoms with E-state index < -0.39 is 12.0 Å². The van der Waals surface area contributed by atoms with Crippen molar-refractivity contribution >= 4 is 5.97 Å². The highest BCUT2D eigenvalue weighted by atomic mass is 16.6. The Morgan fingerprint density at radius 1 is 1.82 bits per heavy atom. The lowest BCUT2D eigenvalue weighted by Crippen LogP contribution is -2.24. The van der Waals surface area contributed by atoms with Gasteiger partial charge in [-0.3, -0.25) is 4.79 Å². The summed E-state index contributed by atoms with van der Waals surface area (Å²) in [7, 11) is 0. The van der Waals surface area contributed by atoms with Crippen molar-refractivity contribution in [3.8, 4) is 0 Å². The van der Waals surface area contributed by atoms with E-state index in [-0.39, 0.29) is 12.1 Å². The number of ether oxygens (including phenoxy) is 1. The average molecular weight is 156 g/mol. The van der Waals surface area contributed by atoms with Crippen molar-refractivity contribution in [1.82, 2.24) is 0 Å². The van der Waals surface area contributed by atoms with E-state index in [1.54, 1.807) is 13.0 Å². The van der Waals surface area contributed by atoms with Crippen LogP contribution in [0.25, 0.3) is 0 Å². The lowest BCUT2D eigenvalue weighted by molar-refractivity contribution is -0.143. The van der Waals surface area contributed by atoms with Gasteiger partial charge in [-0.25, -0.2) is 0 Å². The van der Waals surface area contributed by atoms with E-state index in [9.17, 15) is 9.90 Å². The van der Waals surface area contributed by atoms with Crippen molar-refractivity contribution in [2.75, 3.05) is 0 Å². The molecule has 1 rings (SSSR count). The molecular weight excluding hydrogens is 144 g/mol. The van der Waals surface area contributed by atoms with E-state index in [4.69, 9.17) is 4.74 Å². The molecule has 0 bridgehead atoms. The Hall–Kier alpha value is -0.830. The molecule has 1 heterocycles. The first-order chi connectivity index (χ1) is 5.16. The molecule has 0 saturated carbocycles. The first-order valence-electron chi connectivity index (χ1n) is 3.66. The third-order valence-electron chi connectivity index (χ3n) is 1.92. The predicted molar refractivity (Wildman–Crippen MR) is 39.9 cm³/mol. The van der Waals surface area contributed by atoms with Crippen LogP contribution in [0, 0.1) is 5.92 Å². The third kappa shape index (κ3) is 1.43. The molecular formula is C8H12O3. The fourth-order valence-corrected chi connectivity index (χ4v) is 1.22. The Labute approximate surface area is 65.7 Å². The summed E-state index contributed by atoms with van der Waals surface area (Å²) in [4.78, 5) is 11.0. The van der Waals surface area contributed by atoms with Gasteiger partial charge in [-0.2, -0.15) is 0 Å². The number of carbonyl (C=O) groups is 1. The van der Waals surface area contributed by atoms with Gasteiger partial charge in [-0.05, 0) is 13.3 Å². The quantitative estimate of drug-likeness (QED) is 0.467. The van der Waals surface area contributed by atoms with Gasteiger partial charge in [0.15, 0.2) is 0 Å². The SMILES string of the molecule is C=CCC1C(=O)O[C@@H](C)C1O. The minimum Gasteiger partial charge on any atom is -0.460 e. The number of aliphatic hydroxyl groups is 1. The van der Waals surface area contributed by atoms with Gasteiger partial charge in [0.2, 0.25) is 0 Å². The molecule has 1 aliphatic heterocycles. The zero-order chi connectivity index (χ0) is 8.43. The van der Waals surface area contributed by atoms with Gasteiger partial charge in [0.1, 0.15) is 12.2 Å². The maximum absolute atomic E-state index is 11.0. The molecule has 0 aromatic heterocycles. The topological polar surface area (TPSA) is 46.5 Å². The largest absolute Gasteiger partial charge is 0.460 e. The van der Waals surface area contributed by atoms with E-state index in [1.165, 1.54) is 0 Å². The third-order valence-corrected chi connectivity index (χ3v) is 1.92. The molecule has 0 aromatic carbocycles. The summed E-state index contributed by atoms with van der Waals surface area (Å²) < 4.78 is 4.80. The van der Waals surface area contributed by atoms with Crippen molar-refractivity contribution in [3.63, 3.8) is 0 Å². The minimum atomic E-state index is -0.666. The van der Waals surface area contributed by atoms with E-state index in [2.05, 4.69) is 6.58 Å². The molecule has 11 heavy (non-hydrogen) atoms. The number of esters is 1. The van der Waals surface area contributed by atoms with Crippen molar-refractivity contribution in [2.24, 2.45) is 5.92 Å². The molecule has 1 fully saturated rings. The monoisotopic (exact) mass is 156 g/mol. The van der Waals surface area contributed by atoms with Crippen LogP contribution in [0.5, 0.6) is 0 Å². The molecule has 3 atom stereocenters. The zero-order valence-electron chi connectivity index (χ0n) is 6.49. The summed E-state index contributed by atoms with van der Waals surface area (Å²) in [5.41, 5.74) is 0. The van der Waals surface area contributed by atoms with Gasteiger partial charge in [0.05, 0.1) is 5.92 Å². The molecule has 0 aliphatic carbocycles. The van der Waals surface area contributed by atoms with Crippen LogP contribution >= 0.6 is 0 Å². The second kappa shape index (κ2) is 3.05. The fraction of sp³-hybridized carbons (Fsp3) is 0.625. The number of cyclic esters (lactones) is 1. The summed E-state index contributed by atoms with van der Waals surface area (Å²) in [5, 5.41) is 9.37. The van der Waals surface area contributed by atoms with E-state index in [1.807, 2.05) is 0 Å². The molecule has 0 aromatic rings. The molecule has 3 nitrogen and oxygen atoms in total. The number of allylic oxidation sites excluding steroid dienone is 1. The van der Waals surface area contributed by atoms with Crippen LogP contribution in [0.3, 0.4) is 0 Å². The standard InChI is InChI=1S/C8H12O3/c1-3-4-6-7(9)5(2)11-8(6)10/h3,5-7,9H,1,4H2,2H3/t5-,6?,7?/m0/s1. The molecule has 3 heteroatoms. The number of carbonyl (C=O) groups excluding carboxylic acids is 1. The summed E-state index contributed by atoms with van der Waals surface area (Å²) in [6, 6.07) is 0. The summed E-state index contributed by atoms with van der Waals surface area (Å²) in [5.74, 6) is -0.715. The highest BCUT2D eigenvalue weighted by Crippen LogP contribution is 2.24. The molecule has 0 spiro atoms. The van der Waals surface area contributed by atoms with Gasteiger partial charge in [0, 0.05) is 0 Å². The van der Waals surface area contributed by atoms with Crippen LogP contribution in [0.2, 0.25) is 0 Å². The second-order valence-electron chi connectivity index (χ2n) is 2.76. The molecule has 1 aliphatic rings. The normalized spacial score (nSPS) is 36.9. The van der Waals surface area contributed by atoms with Gasteiger partial charge in [-0.1, -0.05) is 6.08 Å². The van der Waals surface area contributed by atoms with Gasteiger partial charge < -0.3 is 9.84 Å². The summed E-state index contributed by atoms with van der Waals surface area (Å²) >= 11 is 0. The summed E-state index contributed by atoms with van der Waals surface area (Å²) in [6.45, 7) is 5.19. The van der Waals surface area contributed by atoms with Crippen molar-refractivity contribution in [3.05, 3.63) is 12.7 Å². The molecule has 2 unspecified atom stereocenters. The minimum absolute atomic E-state index is 0.315. The van der Waals surface area contributed by atoms with Gasteiger partial charge in [0.25, 0.3) is 0 Å². The molecule has 0 amide bonds. The second-order valence-corrected chi connectivity index (χ2v) is 2.76. The Morgan fingerprint density at radius 3 is 2.82 bits per heavy atom. The molecule has 62 valence electrons. The van der Waals surface area contributed by atoms with E-state index in [0.29, 0.717) is 6.42 Å². The predicted octanol–water partition coefficient (Wildman–Crippen LogP) is 0.485. The van der Waals surface area contributed by atoms with E-state index in [0.717, 1.165) is 0 Å². The van der Waals surface area contributed by atoms with Gasteiger partial charge >= 0.3 is 5.97 Å². The van der Waals surface area contributed by atoms with Crippen molar-refractivity contribution in [1.29, 1.82) is 0 Å². The number of hydrogen-bond acceptors (Lipinski definition) is 3. The highest BCUT2D eigenvalue weighted by Gasteiger charge is 2.39. The zero-order valence-corrected chi connectivity index (χ0v) is 6.49. The molecule has 1 saturated heterocycles. The van der Waals surface area contributed by atoms with Crippen LogP contribution < -0.4 is 0 Å². The fourth-order valence-electron chi connectivity index (χ4n) is 1.22. The van der Waals surface area contributed by atoms with Crippen LogP contribution in [-0.2, 0) is 9.53 Å². The van der Waals surface area contributed by atoms with Crippen molar-refractivity contribution < 1.29 is 14.6 Å². The lowest BCUT2D eigenvalue weighted by atomic mass is 9.99. The summed E-state index contributed by atoms with van der Waals surface area (Å²) in [6.07, 6.45) is 1.07. The maximum Gasteiger partial charge on any atom is 0.312 e. The maximum atomic E-state index is 11.0. The Kier molecular flexibility index (Phi) is 2.29. The van der Waals surface area contributed by atoms with Crippen molar-refractivity contribution in [2.45, 2.75) is 25.6 Å². The van der Waals surface area contributed by atoms with Gasteiger partial charge in [-0.15, -0.1) is 6.58 Å². The Bertz CT molecular complexity index is 176. The highest BCUT2D eigenvalue weighted by molar-refractivity contribution is 5.75. The number of rotatable bonds is 2. The lowest BCUT2D eigenvalue weighted by Gasteiger charge is -2.08. The number of hydrogen-bond donors (Lipinski definition) is 1. The smallest absolute Gasteiger partial charge is 0.312 e. The number of aliphatic hydroxyl groups excluding tert-OH is 1. The van der Waals surface area contributed by atoms with E-state index >= 15 is 0 Å². The first-order valence-corrected chi connectivity index (χ1v) is 3.66. The molecule has 0 radical (unpaired) electrons. The Morgan fingerprint density at radius 2 is 2.45 bits per heavy atom. The van der Waals surface area contributed by atoms with Crippen LogP contribution in [0.1, 0.15) is 13.3 Å². The van der Waals surface area contributed by atoms with Crippen LogP contribution in [0.4, 0.5) is 0 Å². The molecule has 1 N–H and O–H groups in total. The first kappa shape index (κ1) is 8.27. The van der Waals surface area contributed by atoms with Crippen LogP contribution in [-0.4, -0.2) is 23.3 Å². The Balaban J connectivity index is 2.63. The van der Waals surface area contributed by atoms with Crippen LogP contribution in [0.15, 0.2) is 12.7 Å².